The average Bonchev–Trinajstić information content (AvgIpc) is 2.01. The van der Waals surface area contributed by atoms with Crippen molar-refractivity contribution >= 4 is 15.9 Å². The van der Waals surface area contributed by atoms with E-state index in [0.717, 1.165) is 18.2 Å². The summed E-state index contributed by atoms with van der Waals surface area (Å²) in [6, 6.07) is 0. The molecule has 0 spiro atoms. The summed E-state index contributed by atoms with van der Waals surface area (Å²) >= 11 is 3.42. The fourth-order valence-corrected chi connectivity index (χ4v) is 1.38. The van der Waals surface area contributed by atoms with Crippen LogP contribution in [0.5, 0.6) is 0 Å². The first-order chi connectivity index (χ1) is 6.02. The van der Waals surface area contributed by atoms with Gasteiger partial charge in [0, 0.05) is 5.33 Å². The molecule has 0 atom stereocenters. The maximum atomic E-state index is 3.42. The summed E-state index contributed by atoms with van der Waals surface area (Å²) in [5, 5.41) is 1.05. The van der Waals surface area contributed by atoms with E-state index in [1.54, 1.807) is 0 Å². The minimum Gasteiger partial charge on any atom is -0.0925 e. The normalized spacial score (nSPS) is 14.1. The Kier molecular flexibility index (Phi) is 6.40. The van der Waals surface area contributed by atoms with E-state index in [9.17, 15) is 0 Å². The largest absolute Gasteiger partial charge is 0.0925 e. The van der Waals surface area contributed by atoms with Gasteiger partial charge in [-0.2, -0.15) is 0 Å². The molecule has 0 aliphatic rings. The predicted molar refractivity (Wildman–Crippen MR) is 65.4 cm³/mol. The lowest BCUT2D eigenvalue weighted by Crippen LogP contribution is -2.07. The Bertz CT molecular complexity index is 182. The zero-order valence-electron chi connectivity index (χ0n) is 9.23. The highest BCUT2D eigenvalue weighted by atomic mass is 79.9. The number of hydrogen-bond acceptors (Lipinski definition) is 0. The highest BCUT2D eigenvalue weighted by Gasteiger charge is 2.13. The highest BCUT2D eigenvalue weighted by molar-refractivity contribution is 9.09. The van der Waals surface area contributed by atoms with E-state index in [2.05, 4.69) is 61.9 Å². The van der Waals surface area contributed by atoms with E-state index in [-0.39, 0.29) is 5.41 Å². The Morgan fingerprint density at radius 2 is 1.92 bits per heavy atom. The van der Waals surface area contributed by atoms with Crippen molar-refractivity contribution in [2.75, 3.05) is 5.33 Å². The maximum Gasteiger partial charge on any atom is 0.00660 e. The van der Waals surface area contributed by atoms with Crippen LogP contribution in [-0.2, 0) is 0 Å². The quantitative estimate of drug-likeness (QED) is 0.497. The highest BCUT2D eigenvalue weighted by Crippen LogP contribution is 2.26. The molecule has 76 valence electrons. The number of allylic oxidation sites excluding steroid dienone is 4. The van der Waals surface area contributed by atoms with Gasteiger partial charge in [0.25, 0.3) is 0 Å². The lowest BCUT2D eigenvalue weighted by atomic mass is 9.85. The Morgan fingerprint density at radius 3 is 2.31 bits per heavy atom. The molecule has 0 aromatic heterocycles. The lowest BCUT2D eigenvalue weighted by molar-refractivity contribution is 0.514. The van der Waals surface area contributed by atoms with Crippen LogP contribution in [-0.4, -0.2) is 5.33 Å². The molecule has 0 aliphatic heterocycles. The number of hydrogen-bond donors (Lipinski definition) is 0. The van der Waals surface area contributed by atoms with Gasteiger partial charge in [0.15, 0.2) is 0 Å². The van der Waals surface area contributed by atoms with Crippen LogP contribution in [0, 0.1) is 5.41 Å². The molecule has 1 heteroatoms. The monoisotopic (exact) mass is 244 g/mol. The van der Waals surface area contributed by atoms with Crippen LogP contribution in [0.4, 0.5) is 0 Å². The average molecular weight is 245 g/mol. The summed E-state index contributed by atoms with van der Waals surface area (Å²) in [6.07, 6.45) is 9.03. The van der Waals surface area contributed by atoms with Crippen molar-refractivity contribution in [1.82, 2.24) is 0 Å². The van der Waals surface area contributed by atoms with Gasteiger partial charge in [-0.15, -0.1) is 0 Å². The van der Waals surface area contributed by atoms with E-state index >= 15 is 0 Å². The molecule has 0 nitrogen and oxygen atoms in total. The zero-order valence-corrected chi connectivity index (χ0v) is 10.8. The van der Waals surface area contributed by atoms with Gasteiger partial charge >= 0.3 is 0 Å². The Balaban J connectivity index is 4.37. The van der Waals surface area contributed by atoms with Crippen LogP contribution in [0.25, 0.3) is 0 Å². The van der Waals surface area contributed by atoms with Gasteiger partial charge in [-0.1, -0.05) is 61.9 Å². The summed E-state index contributed by atoms with van der Waals surface area (Å²) in [7, 11) is 0. The van der Waals surface area contributed by atoms with E-state index in [4.69, 9.17) is 0 Å². The molecule has 0 amide bonds. The molecule has 0 rings (SSSR count). The second kappa shape index (κ2) is 6.42. The Labute approximate surface area is 91.2 Å². The summed E-state index contributed by atoms with van der Waals surface area (Å²) in [5.74, 6) is 0. The van der Waals surface area contributed by atoms with Crippen LogP contribution in [0.2, 0.25) is 0 Å². The van der Waals surface area contributed by atoms with Crippen molar-refractivity contribution in [3.63, 3.8) is 0 Å². The Morgan fingerprint density at radius 1 is 1.31 bits per heavy atom. The topological polar surface area (TPSA) is 0 Å². The molecule has 0 radical (unpaired) electrons. The van der Waals surface area contributed by atoms with Crippen molar-refractivity contribution in [1.29, 1.82) is 0 Å². The first-order valence-electron chi connectivity index (χ1n) is 4.95. The van der Waals surface area contributed by atoms with Crippen molar-refractivity contribution < 1.29 is 0 Å². The Hall–Kier alpha value is -0.0400. The van der Waals surface area contributed by atoms with Gasteiger partial charge in [0.05, 0.1) is 0 Å². The molecule has 0 fully saturated rings. The third kappa shape index (κ3) is 6.09. The lowest BCUT2D eigenvalue weighted by Gasteiger charge is -2.20. The molecule has 0 bridgehead atoms. The predicted octanol–water partition coefficient (Wildman–Crippen LogP) is 4.71. The number of halogens is 1. The van der Waals surface area contributed by atoms with E-state index < -0.39 is 0 Å². The van der Waals surface area contributed by atoms with Crippen molar-refractivity contribution in [3.05, 3.63) is 23.8 Å². The second-order valence-electron chi connectivity index (χ2n) is 4.20. The summed E-state index contributed by atoms with van der Waals surface area (Å²) in [5.41, 5.74) is 1.72. The SMILES string of the molecule is CC/C=C(\C=C/CCBr)C(C)(C)C. The summed E-state index contributed by atoms with van der Waals surface area (Å²) in [4.78, 5) is 0. The minimum absolute atomic E-state index is 0.277. The van der Waals surface area contributed by atoms with Gasteiger partial charge in [-0.25, -0.2) is 0 Å². The summed E-state index contributed by atoms with van der Waals surface area (Å²) in [6.45, 7) is 8.96. The van der Waals surface area contributed by atoms with Crippen molar-refractivity contribution in [2.24, 2.45) is 5.41 Å². The zero-order chi connectivity index (χ0) is 10.3. The molecule has 0 N–H and O–H groups in total. The smallest absolute Gasteiger partial charge is 0.00660 e. The van der Waals surface area contributed by atoms with Gasteiger partial charge in [0.2, 0.25) is 0 Å². The van der Waals surface area contributed by atoms with Crippen LogP contribution in [0.3, 0.4) is 0 Å². The molecule has 0 unspecified atom stereocenters. The van der Waals surface area contributed by atoms with Crippen LogP contribution >= 0.6 is 15.9 Å². The molecule has 0 saturated heterocycles. The van der Waals surface area contributed by atoms with Gasteiger partial charge < -0.3 is 0 Å². The maximum absolute atomic E-state index is 3.42. The standard InChI is InChI=1S/C12H21Br/c1-5-8-11(12(2,3)4)9-6-7-10-13/h6,8-9H,5,7,10H2,1-4H3/b9-6-,11-8+. The van der Waals surface area contributed by atoms with E-state index in [0.29, 0.717) is 0 Å². The molecule has 0 aromatic rings. The minimum atomic E-state index is 0.277. The van der Waals surface area contributed by atoms with Crippen molar-refractivity contribution in [3.8, 4) is 0 Å². The van der Waals surface area contributed by atoms with Crippen molar-refractivity contribution in [2.45, 2.75) is 40.5 Å². The van der Waals surface area contributed by atoms with Crippen LogP contribution in [0.1, 0.15) is 40.5 Å². The van der Waals surface area contributed by atoms with Gasteiger partial charge in [-0.05, 0) is 23.8 Å². The number of rotatable bonds is 4. The molecule has 0 heterocycles. The molecule has 0 aromatic carbocycles. The first-order valence-corrected chi connectivity index (χ1v) is 6.07. The molecule has 13 heavy (non-hydrogen) atoms. The molecular formula is C12H21Br. The third-order valence-corrected chi connectivity index (χ3v) is 2.32. The van der Waals surface area contributed by atoms with E-state index in [1.807, 2.05) is 0 Å². The van der Waals surface area contributed by atoms with Gasteiger partial charge in [0.1, 0.15) is 0 Å². The number of alkyl halides is 1. The van der Waals surface area contributed by atoms with Crippen LogP contribution in [0.15, 0.2) is 23.8 Å². The first kappa shape index (κ1) is 13.0. The summed E-state index contributed by atoms with van der Waals surface area (Å²) < 4.78 is 0. The fraction of sp³-hybridized carbons (Fsp3) is 0.667. The second-order valence-corrected chi connectivity index (χ2v) is 4.99. The third-order valence-electron chi connectivity index (χ3n) is 1.86. The van der Waals surface area contributed by atoms with Crippen LogP contribution < -0.4 is 0 Å². The molecule has 0 aliphatic carbocycles. The van der Waals surface area contributed by atoms with E-state index in [1.165, 1.54) is 5.57 Å². The fourth-order valence-electron chi connectivity index (χ4n) is 1.12. The van der Waals surface area contributed by atoms with Gasteiger partial charge in [-0.3, -0.25) is 0 Å². The molecular weight excluding hydrogens is 224 g/mol. The molecule has 0 saturated carbocycles.